The van der Waals surface area contributed by atoms with Crippen molar-refractivity contribution in [2.24, 2.45) is 5.73 Å². The lowest BCUT2D eigenvalue weighted by atomic mass is 9.83. The van der Waals surface area contributed by atoms with Crippen LogP contribution in [0.5, 0.6) is 11.5 Å². The Balaban J connectivity index is 1.63. The van der Waals surface area contributed by atoms with Crippen LogP contribution in [0.4, 0.5) is 0 Å². The van der Waals surface area contributed by atoms with Gasteiger partial charge in [-0.05, 0) is 41.5 Å². The molecule has 1 heterocycles. The highest BCUT2D eigenvalue weighted by Crippen LogP contribution is 2.45. The number of halogens is 3. The number of nitrogens with zero attached hydrogens (tertiary/aromatic N) is 1. The average molecular weight is 486 g/mol. The summed E-state index contributed by atoms with van der Waals surface area (Å²) in [7, 11) is 0. The van der Waals surface area contributed by atoms with Gasteiger partial charge in [0.25, 0.3) is 0 Å². The number of fused-ring (bicyclic) bond motifs is 1. The largest absolute Gasteiger partial charge is 0.440 e. The minimum Gasteiger partial charge on any atom is -0.440 e. The molecule has 1 atom stereocenters. The van der Waals surface area contributed by atoms with Crippen LogP contribution in [-0.2, 0) is 11.2 Å². The highest BCUT2D eigenvalue weighted by molar-refractivity contribution is 6.35. The lowest BCUT2D eigenvalue weighted by Gasteiger charge is -2.27. The maximum absolute atomic E-state index is 12.4. The molecule has 0 amide bonds. The maximum atomic E-state index is 12.4. The molecule has 2 N–H and O–H groups in total. The molecule has 160 valence electrons. The van der Waals surface area contributed by atoms with Crippen molar-refractivity contribution in [2.45, 2.75) is 12.3 Å². The van der Waals surface area contributed by atoms with Gasteiger partial charge in [0.1, 0.15) is 23.1 Å². The van der Waals surface area contributed by atoms with Gasteiger partial charge in [0.05, 0.1) is 12.3 Å². The van der Waals surface area contributed by atoms with E-state index in [1.165, 1.54) is 0 Å². The number of allylic oxidation sites excluding steroid dienone is 1. The zero-order valence-corrected chi connectivity index (χ0v) is 18.7. The van der Waals surface area contributed by atoms with Crippen molar-refractivity contribution in [3.63, 3.8) is 0 Å². The summed E-state index contributed by atoms with van der Waals surface area (Å²) in [6.07, 6.45) is 0.0821. The van der Waals surface area contributed by atoms with E-state index >= 15 is 0 Å². The third-order valence-corrected chi connectivity index (χ3v) is 5.77. The number of hydrogen-bond donors (Lipinski definition) is 1. The lowest BCUT2D eigenvalue weighted by Crippen LogP contribution is -2.21. The molecule has 5 nitrogen and oxygen atoms in total. The number of esters is 1. The summed E-state index contributed by atoms with van der Waals surface area (Å²) < 4.78 is 11.1. The van der Waals surface area contributed by atoms with Crippen LogP contribution < -0.4 is 15.2 Å². The highest BCUT2D eigenvalue weighted by atomic mass is 35.5. The van der Waals surface area contributed by atoms with Crippen molar-refractivity contribution >= 4 is 40.8 Å². The highest BCUT2D eigenvalue weighted by Gasteiger charge is 2.32. The standard InChI is InChI=1S/C24H15Cl3N2O3/c25-14-3-1-13(2-4-14)9-22(30)31-16-6-8-18-21(11-16)32-24(29)19(12-28)23(18)17-7-5-15(26)10-20(17)27/h1-8,10-11,23H,9,29H2. The van der Waals surface area contributed by atoms with Gasteiger partial charge in [0.2, 0.25) is 5.88 Å². The predicted octanol–water partition coefficient (Wildman–Crippen LogP) is 6.01. The molecule has 0 radical (unpaired) electrons. The Morgan fingerprint density at radius 3 is 2.38 bits per heavy atom. The Bertz CT molecular complexity index is 1280. The van der Waals surface area contributed by atoms with E-state index in [2.05, 4.69) is 6.07 Å². The van der Waals surface area contributed by atoms with Crippen molar-refractivity contribution in [2.75, 3.05) is 0 Å². The molecule has 3 aromatic carbocycles. The Labute approximate surface area is 199 Å². The molecule has 3 aromatic rings. The number of nitriles is 1. The first-order valence-electron chi connectivity index (χ1n) is 9.47. The third-order valence-electron chi connectivity index (χ3n) is 4.96. The minimum absolute atomic E-state index is 0.0411. The molecule has 1 aliphatic heterocycles. The van der Waals surface area contributed by atoms with Crippen LogP contribution in [0.25, 0.3) is 0 Å². The fourth-order valence-corrected chi connectivity index (χ4v) is 4.13. The first-order valence-corrected chi connectivity index (χ1v) is 10.6. The number of nitrogens with two attached hydrogens (primary N) is 1. The van der Waals surface area contributed by atoms with Gasteiger partial charge in [-0.3, -0.25) is 4.79 Å². The van der Waals surface area contributed by atoms with E-state index in [4.69, 9.17) is 50.0 Å². The van der Waals surface area contributed by atoms with Crippen LogP contribution in [0, 0.1) is 11.3 Å². The zero-order chi connectivity index (χ0) is 22.8. The molecule has 1 aliphatic rings. The molecule has 4 rings (SSSR count). The minimum atomic E-state index is -0.549. The first kappa shape index (κ1) is 22.0. The van der Waals surface area contributed by atoms with Crippen LogP contribution in [-0.4, -0.2) is 5.97 Å². The number of carbonyl (C=O) groups is 1. The van der Waals surface area contributed by atoms with Crippen molar-refractivity contribution in [1.29, 1.82) is 5.26 Å². The SMILES string of the molecule is N#CC1=C(N)Oc2cc(OC(=O)Cc3ccc(Cl)cc3)ccc2C1c1ccc(Cl)cc1Cl. The summed E-state index contributed by atoms with van der Waals surface area (Å²) in [6.45, 7) is 0. The second-order valence-electron chi connectivity index (χ2n) is 7.07. The molecular formula is C24H15Cl3N2O3. The lowest BCUT2D eigenvalue weighted by molar-refractivity contribution is -0.133. The molecule has 0 fully saturated rings. The smallest absolute Gasteiger partial charge is 0.315 e. The van der Waals surface area contributed by atoms with Gasteiger partial charge in [-0.15, -0.1) is 0 Å². The van der Waals surface area contributed by atoms with Gasteiger partial charge in [0.15, 0.2) is 0 Å². The zero-order valence-electron chi connectivity index (χ0n) is 16.4. The summed E-state index contributed by atoms with van der Waals surface area (Å²) >= 11 is 18.3. The monoisotopic (exact) mass is 484 g/mol. The first-order chi connectivity index (χ1) is 15.4. The van der Waals surface area contributed by atoms with Crippen molar-refractivity contribution < 1.29 is 14.3 Å². The van der Waals surface area contributed by atoms with E-state index in [0.29, 0.717) is 31.9 Å². The second-order valence-corrected chi connectivity index (χ2v) is 8.35. The quantitative estimate of drug-likeness (QED) is 0.361. The Morgan fingerprint density at radius 1 is 1.00 bits per heavy atom. The topological polar surface area (TPSA) is 85.3 Å². The Kier molecular flexibility index (Phi) is 6.29. The number of carbonyl (C=O) groups excluding carboxylic acids is 1. The molecule has 1 unspecified atom stereocenters. The maximum Gasteiger partial charge on any atom is 0.315 e. The number of rotatable bonds is 4. The van der Waals surface area contributed by atoms with E-state index in [1.54, 1.807) is 60.7 Å². The average Bonchev–Trinajstić information content (AvgIpc) is 2.74. The summed E-state index contributed by atoms with van der Waals surface area (Å²) in [5.41, 5.74) is 8.35. The van der Waals surface area contributed by atoms with Crippen LogP contribution in [0.3, 0.4) is 0 Å². The van der Waals surface area contributed by atoms with E-state index in [1.807, 2.05) is 0 Å². The fourth-order valence-electron chi connectivity index (χ4n) is 3.49. The molecule has 0 bridgehead atoms. The second kappa shape index (κ2) is 9.13. The predicted molar refractivity (Wildman–Crippen MR) is 123 cm³/mol. The van der Waals surface area contributed by atoms with Crippen LogP contribution >= 0.6 is 34.8 Å². The van der Waals surface area contributed by atoms with Crippen molar-refractivity contribution in [1.82, 2.24) is 0 Å². The number of benzene rings is 3. The Morgan fingerprint density at radius 2 is 1.69 bits per heavy atom. The molecule has 0 aromatic heterocycles. The van der Waals surface area contributed by atoms with Crippen molar-refractivity contribution in [3.05, 3.63) is 104 Å². The van der Waals surface area contributed by atoms with Gasteiger partial charge in [-0.25, -0.2) is 0 Å². The summed E-state index contributed by atoms with van der Waals surface area (Å²) in [6, 6.07) is 19.0. The van der Waals surface area contributed by atoms with Gasteiger partial charge in [0, 0.05) is 26.7 Å². The van der Waals surface area contributed by atoms with Crippen LogP contribution in [0.15, 0.2) is 72.1 Å². The van der Waals surface area contributed by atoms with Crippen LogP contribution in [0.2, 0.25) is 15.1 Å². The van der Waals surface area contributed by atoms with Gasteiger partial charge < -0.3 is 15.2 Å². The van der Waals surface area contributed by atoms with Crippen molar-refractivity contribution in [3.8, 4) is 17.6 Å². The third kappa shape index (κ3) is 4.53. The van der Waals surface area contributed by atoms with Gasteiger partial charge in [-0.1, -0.05) is 59.1 Å². The molecule has 0 spiro atoms. The van der Waals surface area contributed by atoms with E-state index in [0.717, 1.165) is 5.56 Å². The fraction of sp³-hybridized carbons (Fsp3) is 0.0833. The van der Waals surface area contributed by atoms with E-state index in [-0.39, 0.29) is 23.6 Å². The van der Waals surface area contributed by atoms with E-state index in [9.17, 15) is 10.1 Å². The summed E-state index contributed by atoms with van der Waals surface area (Å²) in [5, 5.41) is 11.1. The van der Waals surface area contributed by atoms with Gasteiger partial charge in [-0.2, -0.15) is 5.26 Å². The molecule has 0 saturated carbocycles. The van der Waals surface area contributed by atoms with E-state index < -0.39 is 11.9 Å². The molecular weight excluding hydrogens is 471 g/mol. The summed E-state index contributed by atoms with van der Waals surface area (Å²) in [5.74, 6) is -0.374. The normalized spacial score (nSPS) is 14.9. The number of ether oxygens (including phenoxy) is 2. The molecule has 32 heavy (non-hydrogen) atoms. The van der Waals surface area contributed by atoms with Gasteiger partial charge >= 0.3 is 5.97 Å². The summed E-state index contributed by atoms with van der Waals surface area (Å²) in [4.78, 5) is 12.4. The van der Waals surface area contributed by atoms with Crippen LogP contribution in [0.1, 0.15) is 22.6 Å². The molecule has 0 saturated heterocycles. The molecule has 0 aliphatic carbocycles. The number of hydrogen-bond acceptors (Lipinski definition) is 5. The Hall–Kier alpha value is -3.17. The molecule has 8 heteroatoms.